The monoisotopic (exact) mass is 596 g/mol. The van der Waals surface area contributed by atoms with Gasteiger partial charge in [0.15, 0.2) is 17.4 Å². The summed E-state index contributed by atoms with van der Waals surface area (Å²) >= 11 is 0. The number of benzene rings is 3. The van der Waals surface area contributed by atoms with Crippen molar-refractivity contribution in [1.82, 2.24) is 24.8 Å². The predicted molar refractivity (Wildman–Crippen MR) is 165 cm³/mol. The zero-order chi connectivity index (χ0) is 30.5. The summed E-state index contributed by atoms with van der Waals surface area (Å²) in [6.07, 6.45) is 4.27. The molecule has 11 nitrogen and oxygen atoms in total. The predicted octanol–water partition coefficient (Wildman–Crippen LogP) is 4.97. The summed E-state index contributed by atoms with van der Waals surface area (Å²) in [5, 5.41) is 3.17. The summed E-state index contributed by atoms with van der Waals surface area (Å²) in [7, 11) is 0.788. The molecular weight excluding hydrogens is 568 g/mol. The highest BCUT2D eigenvalue weighted by atomic mass is 32.2. The van der Waals surface area contributed by atoms with Crippen LogP contribution in [0.2, 0.25) is 0 Å². The van der Waals surface area contributed by atoms with Gasteiger partial charge in [0, 0.05) is 36.7 Å². The van der Waals surface area contributed by atoms with Gasteiger partial charge < -0.3 is 14.5 Å². The fourth-order valence-electron chi connectivity index (χ4n) is 4.95. The molecule has 3 aromatic heterocycles. The number of carbonyl (C=O) groups excluding carboxylic acids is 1. The maximum absolute atomic E-state index is 13.3. The molecule has 0 aliphatic carbocycles. The van der Waals surface area contributed by atoms with Crippen molar-refractivity contribution in [3.8, 4) is 34.3 Å². The lowest BCUT2D eigenvalue weighted by Crippen LogP contribution is -2.25. The Bertz CT molecular complexity index is 2130. The van der Waals surface area contributed by atoms with Crippen LogP contribution in [0, 0.1) is 6.92 Å². The van der Waals surface area contributed by atoms with Crippen molar-refractivity contribution in [2.24, 2.45) is 0 Å². The number of rotatable bonds is 7. The van der Waals surface area contributed by atoms with Crippen molar-refractivity contribution in [2.75, 3.05) is 31.8 Å². The second kappa shape index (κ2) is 10.6. The lowest BCUT2D eigenvalue weighted by molar-refractivity contribution is 0.0964. The van der Waals surface area contributed by atoms with Gasteiger partial charge in [0.2, 0.25) is 10.0 Å². The number of imidazole rings is 1. The van der Waals surface area contributed by atoms with E-state index in [4.69, 9.17) is 14.1 Å². The number of aryl methyl sites for hydroxylation is 1. The normalized spacial score (nSPS) is 11.7. The number of anilines is 1. The number of furan rings is 1. The third kappa shape index (κ3) is 4.85. The molecule has 1 amide bonds. The number of nitrogens with one attached hydrogen (secondary N) is 1. The van der Waals surface area contributed by atoms with Crippen LogP contribution in [-0.2, 0) is 10.0 Å². The molecular formula is C31H28N6O5S. The summed E-state index contributed by atoms with van der Waals surface area (Å²) in [4.78, 5) is 27.1. The summed E-state index contributed by atoms with van der Waals surface area (Å²) in [5.74, 6) is 1.02. The number of nitrogens with zero attached hydrogens (tertiary/aromatic N) is 5. The second-order valence-electron chi connectivity index (χ2n) is 10.0. The molecule has 3 heterocycles. The molecule has 0 aliphatic rings. The van der Waals surface area contributed by atoms with E-state index in [-0.39, 0.29) is 17.4 Å². The molecule has 0 atom stereocenters. The topological polar surface area (TPSA) is 132 Å². The van der Waals surface area contributed by atoms with Crippen LogP contribution in [0.1, 0.15) is 15.9 Å². The van der Waals surface area contributed by atoms with Crippen LogP contribution in [0.3, 0.4) is 0 Å². The summed E-state index contributed by atoms with van der Waals surface area (Å²) < 4.78 is 40.3. The molecule has 0 saturated carbocycles. The van der Waals surface area contributed by atoms with Crippen LogP contribution < -0.4 is 14.4 Å². The van der Waals surface area contributed by atoms with Crippen molar-refractivity contribution >= 4 is 43.6 Å². The van der Waals surface area contributed by atoms with Gasteiger partial charge in [0.25, 0.3) is 5.91 Å². The zero-order valence-electron chi connectivity index (χ0n) is 24.1. The molecule has 218 valence electrons. The molecule has 0 fully saturated rings. The number of fused-ring (bicyclic) bond motifs is 2. The van der Waals surface area contributed by atoms with Crippen LogP contribution in [0.4, 0.5) is 5.69 Å². The number of para-hydroxylation sites is 2. The minimum atomic E-state index is -3.71. The molecule has 0 radical (unpaired) electrons. The van der Waals surface area contributed by atoms with Gasteiger partial charge in [-0.15, -0.1) is 0 Å². The molecule has 1 N–H and O–H groups in total. The van der Waals surface area contributed by atoms with E-state index in [1.165, 1.54) is 20.4 Å². The molecule has 43 heavy (non-hydrogen) atoms. The third-order valence-corrected chi connectivity index (χ3v) is 8.48. The van der Waals surface area contributed by atoms with Crippen molar-refractivity contribution in [2.45, 2.75) is 6.92 Å². The number of amides is 1. The molecule has 0 saturated heterocycles. The van der Waals surface area contributed by atoms with E-state index in [2.05, 4.69) is 15.3 Å². The van der Waals surface area contributed by atoms with Gasteiger partial charge in [-0.1, -0.05) is 42.0 Å². The van der Waals surface area contributed by atoms with Crippen LogP contribution in [0.15, 0.2) is 77.6 Å². The summed E-state index contributed by atoms with van der Waals surface area (Å²) in [6.45, 7) is 1.97. The molecule has 0 bridgehead atoms. The van der Waals surface area contributed by atoms with Gasteiger partial charge >= 0.3 is 0 Å². The standard InChI is InChI=1S/C31H28N6O5S/c1-18-10-12-19(13-11-18)28-27(31(38)32-2)21-14-20(24(15-25(21)42-28)36(3)43(5,39)40)29-33-16-26(41-4)30(35-29)37-17-34-22-8-6-7-9-23(22)37/h6-17H,1-5H3,(H,32,38). The van der Waals surface area contributed by atoms with Crippen molar-refractivity contribution in [3.63, 3.8) is 0 Å². The number of carbonyl (C=O) groups is 1. The SMILES string of the molecule is CNC(=O)c1c(-c2ccc(C)cc2)oc2cc(N(C)S(C)(=O)=O)c(-c3ncc(OC)c(-n4cnc5ccccc54)n3)cc12. The lowest BCUT2D eigenvalue weighted by atomic mass is 10.0. The van der Waals surface area contributed by atoms with Gasteiger partial charge in [-0.25, -0.2) is 23.4 Å². The number of sulfonamides is 1. The van der Waals surface area contributed by atoms with E-state index in [1.807, 2.05) is 55.5 Å². The van der Waals surface area contributed by atoms with Gasteiger partial charge in [-0.3, -0.25) is 13.7 Å². The Morgan fingerprint density at radius 3 is 2.51 bits per heavy atom. The number of ether oxygens (including phenoxy) is 1. The maximum atomic E-state index is 13.3. The van der Waals surface area contributed by atoms with Gasteiger partial charge in [0.1, 0.15) is 17.7 Å². The average Bonchev–Trinajstić information content (AvgIpc) is 3.61. The third-order valence-electron chi connectivity index (χ3n) is 7.29. The first kappa shape index (κ1) is 27.9. The average molecular weight is 597 g/mol. The Kier molecular flexibility index (Phi) is 6.85. The van der Waals surface area contributed by atoms with Gasteiger partial charge in [-0.05, 0) is 25.1 Å². The van der Waals surface area contributed by atoms with E-state index in [0.29, 0.717) is 45.0 Å². The van der Waals surface area contributed by atoms with E-state index in [9.17, 15) is 13.2 Å². The molecule has 0 spiro atoms. The Balaban J connectivity index is 1.65. The Morgan fingerprint density at radius 2 is 1.81 bits per heavy atom. The zero-order valence-corrected chi connectivity index (χ0v) is 24.9. The van der Waals surface area contributed by atoms with Crippen LogP contribution >= 0.6 is 0 Å². The molecule has 6 rings (SSSR count). The van der Waals surface area contributed by atoms with E-state index >= 15 is 0 Å². The molecule has 0 unspecified atom stereocenters. The Hall–Kier alpha value is -5.23. The van der Waals surface area contributed by atoms with E-state index in [1.54, 1.807) is 30.1 Å². The van der Waals surface area contributed by atoms with Crippen LogP contribution in [0.25, 0.3) is 50.5 Å². The van der Waals surface area contributed by atoms with Crippen molar-refractivity contribution in [3.05, 3.63) is 84.3 Å². The summed E-state index contributed by atoms with van der Waals surface area (Å²) in [6, 6.07) is 18.5. The first-order valence-corrected chi connectivity index (χ1v) is 15.1. The number of hydrogen-bond donors (Lipinski definition) is 1. The smallest absolute Gasteiger partial charge is 0.255 e. The molecule has 12 heteroatoms. The lowest BCUT2D eigenvalue weighted by Gasteiger charge is -2.20. The molecule has 6 aromatic rings. The number of aromatic nitrogens is 4. The maximum Gasteiger partial charge on any atom is 0.255 e. The van der Waals surface area contributed by atoms with Gasteiger partial charge in [-0.2, -0.15) is 0 Å². The highest BCUT2D eigenvalue weighted by molar-refractivity contribution is 7.92. The Labute approximate surface area is 247 Å². The minimum Gasteiger partial charge on any atom is -0.491 e. The molecule has 0 aliphatic heterocycles. The number of methoxy groups -OCH3 is 1. The minimum absolute atomic E-state index is 0.210. The fourth-order valence-corrected chi connectivity index (χ4v) is 5.45. The highest BCUT2D eigenvalue weighted by Gasteiger charge is 2.27. The Morgan fingerprint density at radius 1 is 1.07 bits per heavy atom. The summed E-state index contributed by atoms with van der Waals surface area (Å²) in [5.41, 5.74) is 4.61. The fraction of sp³-hybridized carbons (Fsp3) is 0.161. The van der Waals surface area contributed by atoms with Gasteiger partial charge in [0.05, 0.1) is 41.8 Å². The van der Waals surface area contributed by atoms with Crippen molar-refractivity contribution < 1.29 is 22.4 Å². The largest absolute Gasteiger partial charge is 0.491 e. The first-order chi connectivity index (χ1) is 20.6. The van der Waals surface area contributed by atoms with E-state index < -0.39 is 10.0 Å². The molecule has 3 aromatic carbocycles. The van der Waals surface area contributed by atoms with Crippen LogP contribution in [-0.4, -0.2) is 61.3 Å². The quantitative estimate of drug-likeness (QED) is 0.273. The highest BCUT2D eigenvalue weighted by Crippen LogP contribution is 2.41. The van der Waals surface area contributed by atoms with Crippen LogP contribution in [0.5, 0.6) is 5.75 Å². The first-order valence-electron chi connectivity index (χ1n) is 13.3. The number of hydrogen-bond acceptors (Lipinski definition) is 8. The second-order valence-corrected chi connectivity index (χ2v) is 12.0. The van der Waals surface area contributed by atoms with Crippen molar-refractivity contribution in [1.29, 1.82) is 0 Å². The van der Waals surface area contributed by atoms with E-state index in [0.717, 1.165) is 27.2 Å².